The van der Waals surface area contributed by atoms with Crippen molar-refractivity contribution in [2.75, 3.05) is 13.1 Å². The van der Waals surface area contributed by atoms with Crippen molar-refractivity contribution >= 4 is 23.3 Å². The SMILES string of the molecule is O=C(O)NCC[C@H]1CNC(=O)c2cc(-c3cccc(OC(F)(F)F)c3)c(-c3ccsc3)n21. The Morgan fingerprint density at radius 1 is 1.28 bits per heavy atom. The van der Waals surface area contributed by atoms with Gasteiger partial charge in [0.05, 0.1) is 11.7 Å². The maximum atomic E-state index is 12.7. The lowest BCUT2D eigenvalue weighted by atomic mass is 10.0. The molecule has 3 aromatic rings. The van der Waals surface area contributed by atoms with Gasteiger partial charge >= 0.3 is 12.5 Å². The van der Waals surface area contributed by atoms with E-state index in [1.807, 2.05) is 21.4 Å². The van der Waals surface area contributed by atoms with Crippen LogP contribution in [-0.4, -0.2) is 41.1 Å². The number of alkyl halides is 3. The number of rotatable bonds is 6. The molecule has 0 bridgehead atoms. The average Bonchev–Trinajstić information content (AvgIpc) is 3.36. The number of halogens is 3. The van der Waals surface area contributed by atoms with E-state index in [2.05, 4.69) is 15.4 Å². The molecule has 0 saturated heterocycles. The van der Waals surface area contributed by atoms with Crippen LogP contribution in [-0.2, 0) is 0 Å². The molecular weight excluding hydrogens is 447 g/mol. The number of amides is 2. The van der Waals surface area contributed by atoms with Crippen LogP contribution in [0.3, 0.4) is 0 Å². The Bertz CT molecular complexity index is 1140. The molecule has 1 atom stereocenters. The van der Waals surface area contributed by atoms with E-state index in [0.29, 0.717) is 35.5 Å². The fourth-order valence-corrected chi connectivity index (χ4v) is 4.46. The van der Waals surface area contributed by atoms with Crippen molar-refractivity contribution in [2.45, 2.75) is 18.8 Å². The lowest BCUT2D eigenvalue weighted by Gasteiger charge is -2.28. The van der Waals surface area contributed by atoms with Crippen molar-refractivity contribution < 1.29 is 32.6 Å². The van der Waals surface area contributed by atoms with Gasteiger partial charge in [-0.1, -0.05) is 12.1 Å². The summed E-state index contributed by atoms with van der Waals surface area (Å²) in [5.41, 5.74) is 2.89. The first kappa shape index (κ1) is 21.8. The van der Waals surface area contributed by atoms with E-state index in [0.717, 1.165) is 5.56 Å². The highest BCUT2D eigenvalue weighted by molar-refractivity contribution is 7.08. The number of aromatic nitrogens is 1. The van der Waals surface area contributed by atoms with Crippen molar-refractivity contribution in [3.05, 3.63) is 52.9 Å². The highest BCUT2D eigenvalue weighted by Gasteiger charge is 2.33. The van der Waals surface area contributed by atoms with Crippen molar-refractivity contribution in [1.82, 2.24) is 15.2 Å². The highest BCUT2D eigenvalue weighted by Crippen LogP contribution is 2.41. The molecule has 2 aromatic heterocycles. The van der Waals surface area contributed by atoms with E-state index in [1.165, 1.54) is 29.5 Å². The Balaban J connectivity index is 1.82. The second-order valence-electron chi connectivity index (χ2n) is 7.13. The Morgan fingerprint density at radius 3 is 2.78 bits per heavy atom. The number of thiophene rings is 1. The molecule has 11 heteroatoms. The molecule has 3 heterocycles. The molecule has 168 valence electrons. The van der Waals surface area contributed by atoms with Gasteiger partial charge in [0.25, 0.3) is 5.91 Å². The predicted octanol–water partition coefficient (Wildman–Crippen LogP) is 4.72. The summed E-state index contributed by atoms with van der Waals surface area (Å²) >= 11 is 1.45. The summed E-state index contributed by atoms with van der Waals surface area (Å²) in [6.07, 6.45) is -5.54. The number of carbonyl (C=O) groups excluding carboxylic acids is 1. The normalized spacial score (nSPS) is 15.7. The van der Waals surface area contributed by atoms with E-state index in [1.54, 1.807) is 12.1 Å². The minimum absolute atomic E-state index is 0.181. The number of nitrogens with zero attached hydrogens (tertiary/aromatic N) is 1. The van der Waals surface area contributed by atoms with Gasteiger partial charge in [0, 0.05) is 29.6 Å². The van der Waals surface area contributed by atoms with Crippen molar-refractivity contribution in [3.63, 3.8) is 0 Å². The van der Waals surface area contributed by atoms with E-state index in [4.69, 9.17) is 5.11 Å². The first-order valence-corrected chi connectivity index (χ1v) is 10.6. The number of carbonyl (C=O) groups is 2. The van der Waals surface area contributed by atoms with Crippen molar-refractivity contribution in [1.29, 1.82) is 0 Å². The standard InChI is InChI=1S/C21H18F3N3O4S/c22-21(23,24)31-15-3-1-2-12(8-15)16-9-17-19(28)26-10-14(4-6-25-20(29)30)27(17)18(16)13-5-7-32-11-13/h1-3,5,7-9,11,14,25H,4,6,10H2,(H,26,28)(H,29,30)/t14-/m0/s1. The summed E-state index contributed by atoms with van der Waals surface area (Å²) in [6.45, 7) is 0.483. The molecule has 0 aliphatic carbocycles. The number of ether oxygens (including phenoxy) is 1. The van der Waals surface area contributed by atoms with Crippen LogP contribution in [0.5, 0.6) is 5.75 Å². The minimum atomic E-state index is -4.82. The van der Waals surface area contributed by atoms with Crippen molar-refractivity contribution in [3.8, 4) is 28.1 Å². The summed E-state index contributed by atoms with van der Waals surface area (Å²) < 4.78 is 44.1. The van der Waals surface area contributed by atoms with Crippen LogP contribution in [0, 0.1) is 0 Å². The number of hydrogen-bond donors (Lipinski definition) is 3. The van der Waals surface area contributed by atoms with Gasteiger partial charge < -0.3 is 25.0 Å². The van der Waals surface area contributed by atoms with Crippen LogP contribution in [0.25, 0.3) is 22.4 Å². The van der Waals surface area contributed by atoms with Crippen molar-refractivity contribution in [2.24, 2.45) is 0 Å². The lowest BCUT2D eigenvalue weighted by Crippen LogP contribution is -2.40. The summed E-state index contributed by atoms with van der Waals surface area (Å²) in [6, 6.07) is 8.87. The van der Waals surface area contributed by atoms with Gasteiger partial charge in [-0.05, 0) is 41.6 Å². The largest absolute Gasteiger partial charge is 0.573 e. The smallest absolute Gasteiger partial charge is 0.465 e. The third-order valence-electron chi connectivity index (χ3n) is 5.06. The molecule has 1 aromatic carbocycles. The maximum Gasteiger partial charge on any atom is 0.573 e. The zero-order valence-corrected chi connectivity index (χ0v) is 17.3. The maximum absolute atomic E-state index is 12.7. The zero-order valence-electron chi connectivity index (χ0n) is 16.5. The molecule has 1 aliphatic heterocycles. The molecule has 0 saturated carbocycles. The molecule has 2 amide bonds. The first-order chi connectivity index (χ1) is 15.2. The molecule has 0 fully saturated rings. The average molecular weight is 465 g/mol. The number of nitrogens with one attached hydrogen (secondary N) is 2. The summed E-state index contributed by atoms with van der Waals surface area (Å²) in [4.78, 5) is 23.5. The third-order valence-corrected chi connectivity index (χ3v) is 5.74. The fraction of sp³-hybridized carbons (Fsp3) is 0.238. The Morgan fingerprint density at radius 2 is 2.09 bits per heavy atom. The highest BCUT2D eigenvalue weighted by atomic mass is 32.1. The molecule has 0 unspecified atom stereocenters. The van der Waals surface area contributed by atoms with Gasteiger partial charge in [-0.3, -0.25) is 4.79 Å². The van der Waals surface area contributed by atoms with Crippen LogP contribution in [0.2, 0.25) is 0 Å². The first-order valence-electron chi connectivity index (χ1n) is 9.62. The summed E-state index contributed by atoms with van der Waals surface area (Å²) in [7, 11) is 0. The van der Waals surface area contributed by atoms with Crippen LogP contribution in [0.15, 0.2) is 47.2 Å². The Hall–Kier alpha value is -3.47. The second kappa shape index (κ2) is 8.58. The Kier molecular flexibility index (Phi) is 5.83. The zero-order chi connectivity index (χ0) is 22.9. The van der Waals surface area contributed by atoms with Crippen LogP contribution >= 0.6 is 11.3 Å². The molecule has 7 nitrogen and oxygen atoms in total. The molecule has 3 N–H and O–H groups in total. The number of benzene rings is 1. The van der Waals surface area contributed by atoms with Gasteiger partial charge in [0.2, 0.25) is 0 Å². The van der Waals surface area contributed by atoms with E-state index >= 15 is 0 Å². The number of carboxylic acid groups (broad SMARTS) is 1. The van der Waals surface area contributed by atoms with Gasteiger partial charge in [-0.2, -0.15) is 11.3 Å². The van der Waals surface area contributed by atoms with Gasteiger partial charge in [-0.15, -0.1) is 13.2 Å². The van der Waals surface area contributed by atoms with E-state index in [-0.39, 0.29) is 24.2 Å². The van der Waals surface area contributed by atoms with Crippen LogP contribution in [0.4, 0.5) is 18.0 Å². The van der Waals surface area contributed by atoms with Crippen LogP contribution < -0.4 is 15.4 Å². The monoisotopic (exact) mass is 465 g/mol. The molecular formula is C21H18F3N3O4S. The topological polar surface area (TPSA) is 92.6 Å². The van der Waals surface area contributed by atoms with E-state index in [9.17, 15) is 22.8 Å². The summed E-state index contributed by atoms with van der Waals surface area (Å²) in [5, 5.41) is 17.8. The molecule has 0 spiro atoms. The molecule has 32 heavy (non-hydrogen) atoms. The third kappa shape index (κ3) is 4.57. The second-order valence-corrected chi connectivity index (χ2v) is 7.91. The van der Waals surface area contributed by atoms with Gasteiger partial charge in [0.1, 0.15) is 11.4 Å². The van der Waals surface area contributed by atoms with Crippen LogP contribution in [0.1, 0.15) is 23.0 Å². The number of hydrogen-bond acceptors (Lipinski definition) is 4. The van der Waals surface area contributed by atoms with Gasteiger partial charge in [0.15, 0.2) is 0 Å². The number of fused-ring (bicyclic) bond motifs is 1. The van der Waals surface area contributed by atoms with E-state index < -0.39 is 12.5 Å². The quantitative estimate of drug-likeness (QED) is 0.491. The lowest BCUT2D eigenvalue weighted by molar-refractivity contribution is -0.274. The minimum Gasteiger partial charge on any atom is -0.465 e. The fourth-order valence-electron chi connectivity index (χ4n) is 3.82. The molecule has 4 rings (SSSR count). The predicted molar refractivity (Wildman–Crippen MR) is 112 cm³/mol. The molecule has 0 radical (unpaired) electrons. The Labute approximate surface area is 184 Å². The molecule has 1 aliphatic rings. The summed E-state index contributed by atoms with van der Waals surface area (Å²) in [5.74, 6) is -0.667. The van der Waals surface area contributed by atoms with Gasteiger partial charge in [-0.25, -0.2) is 4.79 Å².